The minimum absolute atomic E-state index is 0.388. The van der Waals surface area contributed by atoms with Crippen molar-refractivity contribution in [2.75, 3.05) is 13.7 Å². The highest BCUT2D eigenvalue weighted by atomic mass is 16.7. The Hall–Kier alpha value is -1.10. The average Bonchev–Trinajstić information content (AvgIpc) is 2.34. The number of esters is 2. The molecule has 0 saturated heterocycles. The van der Waals surface area contributed by atoms with Crippen LogP contribution in [-0.4, -0.2) is 31.9 Å². The van der Waals surface area contributed by atoms with Crippen molar-refractivity contribution in [2.45, 2.75) is 58.7 Å². The molecule has 106 valence electrons. The third kappa shape index (κ3) is 8.98. The quantitative estimate of drug-likeness (QED) is 0.343. The van der Waals surface area contributed by atoms with Crippen LogP contribution in [0.15, 0.2) is 0 Å². The minimum atomic E-state index is -1.23. The Labute approximate surface area is 109 Å². The number of methoxy groups -OCH3 is 1. The van der Waals surface area contributed by atoms with Gasteiger partial charge in [-0.25, -0.2) is 4.79 Å². The van der Waals surface area contributed by atoms with Crippen molar-refractivity contribution in [3.8, 4) is 0 Å². The maximum absolute atomic E-state index is 11.2. The van der Waals surface area contributed by atoms with Gasteiger partial charge >= 0.3 is 18.2 Å². The summed E-state index contributed by atoms with van der Waals surface area (Å²) < 4.78 is 14.4. The van der Waals surface area contributed by atoms with Gasteiger partial charge in [-0.15, -0.1) is 0 Å². The Morgan fingerprint density at radius 1 is 1.06 bits per heavy atom. The van der Waals surface area contributed by atoms with Crippen LogP contribution in [0, 0.1) is 0 Å². The first kappa shape index (κ1) is 16.9. The van der Waals surface area contributed by atoms with Gasteiger partial charge in [0.2, 0.25) is 0 Å². The lowest BCUT2D eigenvalue weighted by atomic mass is 10.1. The van der Waals surface area contributed by atoms with Crippen LogP contribution in [0.1, 0.15) is 52.4 Å². The maximum atomic E-state index is 11.2. The SMILES string of the molecule is CCCCCCCCOC(OC(C)=O)C(=O)OC. The van der Waals surface area contributed by atoms with Crippen LogP contribution in [-0.2, 0) is 23.8 Å². The van der Waals surface area contributed by atoms with Crippen LogP contribution in [0.25, 0.3) is 0 Å². The van der Waals surface area contributed by atoms with Crippen molar-refractivity contribution in [2.24, 2.45) is 0 Å². The van der Waals surface area contributed by atoms with Gasteiger partial charge in [-0.3, -0.25) is 4.79 Å². The number of carbonyl (C=O) groups is 2. The minimum Gasteiger partial charge on any atom is -0.464 e. The average molecular weight is 260 g/mol. The van der Waals surface area contributed by atoms with E-state index in [0.29, 0.717) is 6.61 Å². The molecule has 0 aromatic heterocycles. The molecule has 0 aliphatic carbocycles. The highest BCUT2D eigenvalue weighted by Crippen LogP contribution is 2.06. The first-order valence-corrected chi connectivity index (χ1v) is 6.48. The van der Waals surface area contributed by atoms with Gasteiger partial charge in [-0.1, -0.05) is 39.0 Å². The van der Waals surface area contributed by atoms with Gasteiger partial charge in [0.15, 0.2) is 0 Å². The van der Waals surface area contributed by atoms with Crippen molar-refractivity contribution < 1.29 is 23.8 Å². The molecule has 1 atom stereocenters. The third-order valence-electron chi connectivity index (χ3n) is 2.43. The van der Waals surface area contributed by atoms with Gasteiger partial charge < -0.3 is 14.2 Å². The number of carbonyl (C=O) groups excluding carboxylic acids is 2. The second-order valence-electron chi connectivity index (χ2n) is 4.10. The number of ether oxygens (including phenoxy) is 3. The molecule has 0 rings (SSSR count). The molecule has 18 heavy (non-hydrogen) atoms. The van der Waals surface area contributed by atoms with E-state index in [1.165, 1.54) is 33.3 Å². The molecule has 5 nitrogen and oxygen atoms in total. The first-order chi connectivity index (χ1) is 8.61. The predicted molar refractivity (Wildman–Crippen MR) is 66.9 cm³/mol. The molecule has 0 N–H and O–H groups in total. The zero-order chi connectivity index (χ0) is 13.8. The monoisotopic (exact) mass is 260 g/mol. The molecule has 0 aliphatic heterocycles. The van der Waals surface area contributed by atoms with E-state index in [0.717, 1.165) is 19.3 Å². The van der Waals surface area contributed by atoms with Gasteiger partial charge in [0.05, 0.1) is 13.7 Å². The fourth-order valence-corrected chi connectivity index (χ4v) is 1.47. The van der Waals surface area contributed by atoms with Gasteiger partial charge in [0, 0.05) is 6.92 Å². The molecule has 0 aromatic rings. The van der Waals surface area contributed by atoms with Gasteiger partial charge in [0.25, 0.3) is 0 Å². The Morgan fingerprint density at radius 2 is 1.67 bits per heavy atom. The Morgan fingerprint density at radius 3 is 2.22 bits per heavy atom. The van der Waals surface area contributed by atoms with Gasteiger partial charge in [-0.2, -0.15) is 0 Å². The molecule has 0 heterocycles. The fraction of sp³-hybridized carbons (Fsp3) is 0.846. The lowest BCUT2D eigenvalue weighted by Crippen LogP contribution is -2.30. The fourth-order valence-electron chi connectivity index (χ4n) is 1.47. The summed E-state index contributed by atoms with van der Waals surface area (Å²) in [6.07, 6.45) is 5.51. The van der Waals surface area contributed by atoms with Crippen molar-refractivity contribution in [3.05, 3.63) is 0 Å². The maximum Gasteiger partial charge on any atom is 0.376 e. The summed E-state index contributed by atoms with van der Waals surface area (Å²) in [5, 5.41) is 0. The summed E-state index contributed by atoms with van der Waals surface area (Å²) in [6, 6.07) is 0. The van der Waals surface area contributed by atoms with Crippen LogP contribution in [0.4, 0.5) is 0 Å². The number of hydrogen-bond donors (Lipinski definition) is 0. The highest BCUT2D eigenvalue weighted by molar-refractivity contribution is 5.77. The molecule has 0 aliphatic rings. The summed E-state index contributed by atoms with van der Waals surface area (Å²) in [6.45, 7) is 3.78. The van der Waals surface area contributed by atoms with Crippen LogP contribution in [0.5, 0.6) is 0 Å². The first-order valence-electron chi connectivity index (χ1n) is 6.48. The smallest absolute Gasteiger partial charge is 0.376 e. The second kappa shape index (κ2) is 11.0. The van der Waals surface area contributed by atoms with Crippen molar-refractivity contribution in [1.82, 2.24) is 0 Å². The molecule has 0 radical (unpaired) electrons. The zero-order valence-electron chi connectivity index (χ0n) is 11.6. The topological polar surface area (TPSA) is 61.8 Å². The largest absolute Gasteiger partial charge is 0.464 e. The number of hydrogen-bond acceptors (Lipinski definition) is 5. The summed E-state index contributed by atoms with van der Waals surface area (Å²) in [4.78, 5) is 22.0. The summed E-state index contributed by atoms with van der Waals surface area (Å²) in [5.41, 5.74) is 0. The van der Waals surface area contributed by atoms with E-state index in [-0.39, 0.29) is 0 Å². The summed E-state index contributed by atoms with van der Waals surface area (Å²) in [5.74, 6) is -1.25. The Kier molecular flexibility index (Phi) is 10.3. The van der Waals surface area contributed by atoms with Crippen LogP contribution in [0.3, 0.4) is 0 Å². The number of rotatable bonds is 10. The van der Waals surface area contributed by atoms with E-state index in [1.54, 1.807) is 0 Å². The zero-order valence-corrected chi connectivity index (χ0v) is 11.6. The van der Waals surface area contributed by atoms with E-state index in [4.69, 9.17) is 9.47 Å². The lowest BCUT2D eigenvalue weighted by Gasteiger charge is -2.14. The van der Waals surface area contributed by atoms with Crippen LogP contribution < -0.4 is 0 Å². The Bertz CT molecular complexity index is 240. The second-order valence-corrected chi connectivity index (χ2v) is 4.10. The molecule has 0 fully saturated rings. The highest BCUT2D eigenvalue weighted by Gasteiger charge is 2.22. The van der Waals surface area contributed by atoms with Crippen molar-refractivity contribution in [3.63, 3.8) is 0 Å². The van der Waals surface area contributed by atoms with Gasteiger partial charge in [0.1, 0.15) is 0 Å². The summed E-state index contributed by atoms with van der Waals surface area (Å²) in [7, 11) is 1.23. The van der Waals surface area contributed by atoms with Crippen LogP contribution in [0.2, 0.25) is 0 Å². The molecule has 5 heteroatoms. The standard InChI is InChI=1S/C13H24O5/c1-4-5-6-7-8-9-10-17-13(12(15)16-3)18-11(2)14/h13H,4-10H2,1-3H3. The molecule has 0 saturated carbocycles. The van der Waals surface area contributed by atoms with E-state index >= 15 is 0 Å². The molecule has 0 amide bonds. The van der Waals surface area contributed by atoms with E-state index in [9.17, 15) is 9.59 Å². The molecular formula is C13H24O5. The molecule has 0 bridgehead atoms. The molecule has 0 aromatic carbocycles. The van der Waals surface area contributed by atoms with E-state index in [2.05, 4.69) is 11.7 Å². The normalized spacial score (nSPS) is 11.9. The van der Waals surface area contributed by atoms with E-state index < -0.39 is 18.2 Å². The summed E-state index contributed by atoms with van der Waals surface area (Å²) >= 11 is 0. The molecular weight excluding hydrogens is 236 g/mol. The van der Waals surface area contributed by atoms with E-state index in [1.807, 2.05) is 0 Å². The lowest BCUT2D eigenvalue weighted by molar-refractivity contribution is -0.198. The third-order valence-corrected chi connectivity index (χ3v) is 2.43. The molecule has 0 spiro atoms. The molecule has 1 unspecified atom stereocenters. The van der Waals surface area contributed by atoms with Gasteiger partial charge in [-0.05, 0) is 6.42 Å². The Balaban J connectivity index is 3.69. The van der Waals surface area contributed by atoms with Crippen LogP contribution >= 0.6 is 0 Å². The van der Waals surface area contributed by atoms with Crippen molar-refractivity contribution in [1.29, 1.82) is 0 Å². The number of unbranched alkanes of at least 4 members (excludes halogenated alkanes) is 5. The predicted octanol–water partition coefficient (Wildman–Crippen LogP) is 2.43. The van der Waals surface area contributed by atoms with Crippen molar-refractivity contribution >= 4 is 11.9 Å².